The highest BCUT2D eigenvalue weighted by molar-refractivity contribution is 5.92. The molecule has 0 bridgehead atoms. The fourth-order valence-corrected chi connectivity index (χ4v) is 2.82. The number of aromatic amines is 1. The van der Waals surface area contributed by atoms with Gasteiger partial charge in [0.25, 0.3) is 5.91 Å². The summed E-state index contributed by atoms with van der Waals surface area (Å²) in [5, 5.41) is 9.47. The number of aromatic nitrogens is 3. The second-order valence-electron chi connectivity index (χ2n) is 5.82. The molecule has 0 radical (unpaired) electrons. The molecule has 23 heavy (non-hydrogen) atoms. The van der Waals surface area contributed by atoms with Crippen molar-refractivity contribution in [3.63, 3.8) is 0 Å². The predicted molar refractivity (Wildman–Crippen MR) is 88.4 cm³/mol. The van der Waals surface area contributed by atoms with Gasteiger partial charge in [0.1, 0.15) is 11.5 Å². The van der Waals surface area contributed by atoms with Gasteiger partial charge in [-0.05, 0) is 25.1 Å². The van der Waals surface area contributed by atoms with Crippen LogP contribution in [0.4, 0.5) is 5.82 Å². The highest BCUT2D eigenvalue weighted by atomic mass is 16.2. The number of pyridine rings is 1. The normalized spacial score (nSPS) is 17.0. The molecule has 0 aliphatic carbocycles. The smallest absolute Gasteiger partial charge is 0.269 e. The summed E-state index contributed by atoms with van der Waals surface area (Å²) in [4.78, 5) is 21.0. The first-order valence-electron chi connectivity index (χ1n) is 7.91. The van der Waals surface area contributed by atoms with Crippen molar-refractivity contribution in [3.8, 4) is 0 Å². The maximum Gasteiger partial charge on any atom is 0.269 e. The van der Waals surface area contributed by atoms with Gasteiger partial charge in [-0.1, -0.05) is 6.07 Å². The summed E-state index contributed by atoms with van der Waals surface area (Å²) in [6.45, 7) is 6.73. The number of carbonyl (C=O) groups is 1. The molecule has 2 aromatic heterocycles. The van der Waals surface area contributed by atoms with E-state index in [2.05, 4.69) is 30.3 Å². The Morgan fingerprint density at radius 1 is 1.26 bits per heavy atom. The maximum absolute atomic E-state index is 12.0. The van der Waals surface area contributed by atoms with E-state index in [1.807, 2.05) is 31.3 Å². The van der Waals surface area contributed by atoms with E-state index in [9.17, 15) is 4.79 Å². The van der Waals surface area contributed by atoms with Crippen LogP contribution in [0, 0.1) is 0 Å². The van der Waals surface area contributed by atoms with E-state index in [0.29, 0.717) is 5.69 Å². The van der Waals surface area contributed by atoms with E-state index in [4.69, 9.17) is 0 Å². The van der Waals surface area contributed by atoms with Crippen LogP contribution in [0.3, 0.4) is 0 Å². The van der Waals surface area contributed by atoms with Crippen molar-refractivity contribution in [1.29, 1.82) is 0 Å². The number of H-pyrrole nitrogens is 1. The van der Waals surface area contributed by atoms with E-state index in [-0.39, 0.29) is 11.9 Å². The Bertz CT molecular complexity index is 607. The number of hydrogen-bond acceptors (Lipinski definition) is 5. The highest BCUT2D eigenvalue weighted by Gasteiger charge is 2.20. The Morgan fingerprint density at radius 2 is 2.09 bits per heavy atom. The highest BCUT2D eigenvalue weighted by Crippen LogP contribution is 2.12. The number of nitrogens with zero attached hydrogens (tertiary/aromatic N) is 4. The lowest BCUT2D eigenvalue weighted by Crippen LogP contribution is -2.51. The molecule has 1 aliphatic rings. The number of hydrogen-bond donors (Lipinski definition) is 2. The number of amides is 1. The number of rotatable bonds is 5. The van der Waals surface area contributed by atoms with Gasteiger partial charge in [-0.15, -0.1) is 0 Å². The average Bonchev–Trinajstić information content (AvgIpc) is 3.11. The van der Waals surface area contributed by atoms with Crippen LogP contribution in [0.25, 0.3) is 0 Å². The molecule has 0 saturated carbocycles. The van der Waals surface area contributed by atoms with Crippen LogP contribution in [0.2, 0.25) is 0 Å². The predicted octanol–water partition coefficient (Wildman–Crippen LogP) is 0.745. The SMILES string of the molecule is C[C@@H](CN1CCN(c2ccccn2)CC1)NC(=O)c1ccn[nH]1. The van der Waals surface area contributed by atoms with Gasteiger partial charge in [-0.25, -0.2) is 4.98 Å². The van der Waals surface area contributed by atoms with E-state index in [1.54, 1.807) is 12.3 Å². The molecule has 1 saturated heterocycles. The molecule has 0 aromatic carbocycles. The Labute approximate surface area is 135 Å². The van der Waals surface area contributed by atoms with Crippen molar-refractivity contribution in [1.82, 2.24) is 25.4 Å². The van der Waals surface area contributed by atoms with E-state index in [0.717, 1.165) is 38.5 Å². The third-order valence-corrected chi connectivity index (χ3v) is 4.00. The monoisotopic (exact) mass is 314 g/mol. The number of piperazine rings is 1. The van der Waals surface area contributed by atoms with Gasteiger partial charge < -0.3 is 10.2 Å². The fourth-order valence-electron chi connectivity index (χ4n) is 2.82. The van der Waals surface area contributed by atoms with Crippen LogP contribution < -0.4 is 10.2 Å². The Morgan fingerprint density at radius 3 is 2.74 bits per heavy atom. The minimum atomic E-state index is -0.109. The molecule has 122 valence electrons. The minimum absolute atomic E-state index is 0.0900. The zero-order chi connectivity index (χ0) is 16.1. The molecular weight excluding hydrogens is 292 g/mol. The third-order valence-electron chi connectivity index (χ3n) is 4.00. The first kappa shape index (κ1) is 15.5. The fraction of sp³-hybridized carbons (Fsp3) is 0.438. The van der Waals surface area contributed by atoms with Crippen molar-refractivity contribution >= 4 is 11.7 Å². The molecule has 2 N–H and O–H groups in total. The molecule has 7 heteroatoms. The molecular formula is C16H22N6O. The van der Waals surface area contributed by atoms with Crippen molar-refractivity contribution in [2.75, 3.05) is 37.6 Å². The standard InChI is InChI=1S/C16H22N6O/c1-13(19-16(23)14-5-7-18-20-14)12-21-8-10-22(11-9-21)15-4-2-3-6-17-15/h2-7,13H,8-12H2,1H3,(H,18,20)(H,19,23)/t13-/m0/s1. The molecule has 1 aliphatic heterocycles. The van der Waals surface area contributed by atoms with Gasteiger partial charge in [-0.2, -0.15) is 5.10 Å². The van der Waals surface area contributed by atoms with Crippen LogP contribution >= 0.6 is 0 Å². The quantitative estimate of drug-likeness (QED) is 0.851. The van der Waals surface area contributed by atoms with Crippen molar-refractivity contribution < 1.29 is 4.79 Å². The van der Waals surface area contributed by atoms with Gasteiger partial charge in [0.2, 0.25) is 0 Å². The number of carbonyl (C=O) groups excluding carboxylic acids is 1. The number of nitrogens with one attached hydrogen (secondary N) is 2. The molecule has 7 nitrogen and oxygen atoms in total. The Balaban J connectivity index is 1.44. The summed E-state index contributed by atoms with van der Waals surface area (Å²) in [5.74, 6) is 0.926. The summed E-state index contributed by atoms with van der Waals surface area (Å²) >= 11 is 0. The van der Waals surface area contributed by atoms with Gasteiger partial charge >= 0.3 is 0 Å². The van der Waals surface area contributed by atoms with Crippen molar-refractivity contribution in [2.45, 2.75) is 13.0 Å². The molecule has 2 aromatic rings. The minimum Gasteiger partial charge on any atom is -0.354 e. The molecule has 1 atom stereocenters. The van der Waals surface area contributed by atoms with Crippen molar-refractivity contribution in [2.24, 2.45) is 0 Å². The molecule has 3 heterocycles. The lowest BCUT2D eigenvalue weighted by molar-refractivity contribution is 0.0923. The van der Waals surface area contributed by atoms with Crippen LogP contribution in [-0.4, -0.2) is 64.8 Å². The van der Waals surface area contributed by atoms with Crippen molar-refractivity contribution in [3.05, 3.63) is 42.4 Å². The topological polar surface area (TPSA) is 77.2 Å². The third kappa shape index (κ3) is 4.07. The molecule has 0 spiro atoms. The summed E-state index contributed by atoms with van der Waals surface area (Å²) in [6, 6.07) is 7.76. The number of anilines is 1. The van der Waals surface area contributed by atoms with E-state index < -0.39 is 0 Å². The van der Waals surface area contributed by atoms with Crippen LogP contribution in [-0.2, 0) is 0 Å². The van der Waals surface area contributed by atoms with Crippen LogP contribution in [0.5, 0.6) is 0 Å². The average molecular weight is 314 g/mol. The first-order chi connectivity index (χ1) is 11.2. The largest absolute Gasteiger partial charge is 0.354 e. The summed E-state index contributed by atoms with van der Waals surface area (Å²) in [6.07, 6.45) is 3.41. The maximum atomic E-state index is 12.0. The summed E-state index contributed by atoms with van der Waals surface area (Å²) in [5.41, 5.74) is 0.497. The van der Waals surface area contributed by atoms with Crippen LogP contribution in [0.15, 0.2) is 36.7 Å². The Hall–Kier alpha value is -2.41. The molecule has 3 rings (SSSR count). The summed E-state index contributed by atoms with van der Waals surface area (Å²) < 4.78 is 0. The molecule has 0 unspecified atom stereocenters. The second kappa shape index (κ2) is 7.23. The van der Waals surface area contributed by atoms with Crippen LogP contribution in [0.1, 0.15) is 17.4 Å². The van der Waals surface area contributed by atoms with Gasteiger partial charge in [-0.3, -0.25) is 14.8 Å². The second-order valence-corrected chi connectivity index (χ2v) is 5.82. The van der Waals surface area contributed by atoms with Gasteiger partial charge in [0.15, 0.2) is 0 Å². The zero-order valence-electron chi connectivity index (χ0n) is 13.3. The molecule has 1 amide bonds. The van der Waals surface area contributed by atoms with E-state index in [1.165, 1.54) is 0 Å². The van der Waals surface area contributed by atoms with Gasteiger partial charge in [0.05, 0.1) is 0 Å². The lowest BCUT2D eigenvalue weighted by atomic mass is 10.2. The van der Waals surface area contributed by atoms with E-state index >= 15 is 0 Å². The first-order valence-corrected chi connectivity index (χ1v) is 7.91. The summed E-state index contributed by atoms with van der Waals surface area (Å²) in [7, 11) is 0. The lowest BCUT2D eigenvalue weighted by Gasteiger charge is -2.36. The zero-order valence-corrected chi connectivity index (χ0v) is 13.3. The Kier molecular flexibility index (Phi) is 4.87. The van der Waals surface area contributed by atoms with Gasteiger partial charge in [0, 0.05) is 51.2 Å². The molecule has 1 fully saturated rings.